The molecule has 0 saturated heterocycles. The summed E-state index contributed by atoms with van der Waals surface area (Å²) in [6.45, 7) is 2.29. The van der Waals surface area contributed by atoms with Gasteiger partial charge in [0.1, 0.15) is 17.3 Å². The number of aldehydes is 1. The molecule has 1 aliphatic rings. The van der Waals surface area contributed by atoms with E-state index < -0.39 is 0 Å². The van der Waals surface area contributed by atoms with Gasteiger partial charge in [-0.05, 0) is 25.2 Å². The Kier molecular flexibility index (Phi) is 4.53. The van der Waals surface area contributed by atoms with Gasteiger partial charge in [-0.2, -0.15) is 0 Å². The van der Waals surface area contributed by atoms with Gasteiger partial charge < -0.3 is 5.32 Å². The van der Waals surface area contributed by atoms with Crippen LogP contribution >= 0.6 is 11.6 Å². The molecule has 2 rings (SSSR count). The van der Waals surface area contributed by atoms with Crippen molar-refractivity contribution in [3.63, 3.8) is 0 Å². The molecule has 1 heterocycles. The zero-order valence-electron chi connectivity index (χ0n) is 10.5. The SMILES string of the molecule is CC1CCCC(Nc2ncnc(Cl)c2C=O)CC1. The normalized spacial score (nSPS) is 24.3. The molecule has 98 valence electrons. The van der Waals surface area contributed by atoms with Crippen LogP contribution in [-0.4, -0.2) is 22.3 Å². The second-order valence-electron chi connectivity index (χ2n) is 5.00. The number of carbonyl (C=O) groups is 1. The summed E-state index contributed by atoms with van der Waals surface area (Å²) in [5, 5.41) is 3.55. The van der Waals surface area contributed by atoms with Gasteiger partial charge in [-0.3, -0.25) is 4.79 Å². The van der Waals surface area contributed by atoms with E-state index in [1.807, 2.05) is 0 Å². The van der Waals surface area contributed by atoms with Gasteiger partial charge in [0, 0.05) is 6.04 Å². The maximum Gasteiger partial charge on any atom is 0.156 e. The molecule has 1 aromatic heterocycles. The quantitative estimate of drug-likeness (QED) is 0.519. The maximum absolute atomic E-state index is 11.0. The number of rotatable bonds is 3. The van der Waals surface area contributed by atoms with Crippen LogP contribution in [0.2, 0.25) is 5.15 Å². The fourth-order valence-corrected chi connectivity index (χ4v) is 2.60. The average Bonchev–Trinajstić information content (AvgIpc) is 2.55. The van der Waals surface area contributed by atoms with Crippen molar-refractivity contribution in [2.45, 2.75) is 45.1 Å². The highest BCUT2D eigenvalue weighted by Crippen LogP contribution is 2.26. The lowest BCUT2D eigenvalue weighted by molar-refractivity contribution is 0.112. The molecule has 1 N–H and O–H groups in total. The summed E-state index contributed by atoms with van der Waals surface area (Å²) in [5.74, 6) is 1.35. The van der Waals surface area contributed by atoms with E-state index in [1.165, 1.54) is 25.6 Å². The van der Waals surface area contributed by atoms with E-state index in [2.05, 4.69) is 22.2 Å². The molecule has 1 aliphatic carbocycles. The van der Waals surface area contributed by atoms with Gasteiger partial charge in [0.05, 0.1) is 5.56 Å². The van der Waals surface area contributed by atoms with E-state index in [0.717, 1.165) is 18.8 Å². The number of aromatic nitrogens is 2. The maximum atomic E-state index is 11.0. The Hall–Kier alpha value is -1.16. The van der Waals surface area contributed by atoms with E-state index in [4.69, 9.17) is 11.6 Å². The molecule has 0 aromatic carbocycles. The molecule has 1 fully saturated rings. The Morgan fingerprint density at radius 1 is 1.33 bits per heavy atom. The second kappa shape index (κ2) is 6.14. The van der Waals surface area contributed by atoms with E-state index in [0.29, 0.717) is 23.7 Å². The van der Waals surface area contributed by atoms with Crippen LogP contribution in [0.5, 0.6) is 0 Å². The fraction of sp³-hybridized carbons (Fsp3) is 0.615. The van der Waals surface area contributed by atoms with Crippen molar-refractivity contribution in [1.29, 1.82) is 0 Å². The van der Waals surface area contributed by atoms with E-state index in [1.54, 1.807) is 0 Å². The van der Waals surface area contributed by atoms with Crippen molar-refractivity contribution in [1.82, 2.24) is 9.97 Å². The zero-order valence-corrected chi connectivity index (χ0v) is 11.3. The summed E-state index contributed by atoms with van der Waals surface area (Å²) in [6.07, 6.45) is 8.04. The van der Waals surface area contributed by atoms with Crippen molar-refractivity contribution in [2.24, 2.45) is 5.92 Å². The number of hydrogen-bond acceptors (Lipinski definition) is 4. The minimum absolute atomic E-state index is 0.212. The zero-order chi connectivity index (χ0) is 13.0. The van der Waals surface area contributed by atoms with E-state index in [-0.39, 0.29) is 5.15 Å². The first-order valence-electron chi connectivity index (χ1n) is 6.43. The first-order chi connectivity index (χ1) is 8.70. The molecule has 0 spiro atoms. The number of anilines is 1. The molecule has 1 aromatic rings. The number of nitrogens with one attached hydrogen (secondary N) is 1. The minimum atomic E-state index is 0.212. The van der Waals surface area contributed by atoms with Gasteiger partial charge in [-0.1, -0.05) is 31.4 Å². The van der Waals surface area contributed by atoms with Crippen LogP contribution in [0.1, 0.15) is 49.4 Å². The van der Waals surface area contributed by atoms with Crippen LogP contribution in [0.4, 0.5) is 5.82 Å². The van der Waals surface area contributed by atoms with Crippen LogP contribution < -0.4 is 5.32 Å². The third-order valence-corrected chi connectivity index (χ3v) is 3.85. The summed E-state index contributed by atoms with van der Waals surface area (Å²) in [5.41, 5.74) is 0.358. The largest absolute Gasteiger partial charge is 0.367 e. The van der Waals surface area contributed by atoms with Crippen LogP contribution in [0.25, 0.3) is 0 Å². The van der Waals surface area contributed by atoms with Crippen LogP contribution in [-0.2, 0) is 0 Å². The molecule has 0 aliphatic heterocycles. The highest BCUT2D eigenvalue weighted by Gasteiger charge is 2.18. The van der Waals surface area contributed by atoms with Crippen molar-refractivity contribution in [2.75, 3.05) is 5.32 Å². The molecule has 0 amide bonds. The fourth-order valence-electron chi connectivity index (χ4n) is 2.42. The highest BCUT2D eigenvalue weighted by molar-refractivity contribution is 6.32. The molecular formula is C13H18ClN3O. The first kappa shape index (κ1) is 13.3. The number of carbonyl (C=O) groups excluding carboxylic acids is 1. The molecule has 5 heteroatoms. The Morgan fingerprint density at radius 3 is 2.94 bits per heavy atom. The lowest BCUT2D eigenvalue weighted by atomic mass is 10.0. The minimum Gasteiger partial charge on any atom is -0.367 e. The van der Waals surface area contributed by atoms with Gasteiger partial charge in [-0.15, -0.1) is 0 Å². The summed E-state index contributed by atoms with van der Waals surface area (Å²) < 4.78 is 0. The Balaban J connectivity index is 2.09. The summed E-state index contributed by atoms with van der Waals surface area (Å²) in [6, 6.07) is 0.375. The van der Waals surface area contributed by atoms with Gasteiger partial charge in [0.2, 0.25) is 0 Å². The molecule has 2 atom stereocenters. The van der Waals surface area contributed by atoms with Gasteiger partial charge in [0.15, 0.2) is 6.29 Å². The van der Waals surface area contributed by atoms with Crippen molar-refractivity contribution in [3.05, 3.63) is 17.0 Å². The lowest BCUT2D eigenvalue weighted by Gasteiger charge is -2.18. The summed E-state index contributed by atoms with van der Waals surface area (Å²) in [4.78, 5) is 18.9. The monoisotopic (exact) mass is 267 g/mol. The van der Waals surface area contributed by atoms with Gasteiger partial charge >= 0.3 is 0 Å². The summed E-state index contributed by atoms with van der Waals surface area (Å²) >= 11 is 5.88. The predicted octanol–water partition coefficient (Wildman–Crippen LogP) is 3.32. The average molecular weight is 268 g/mol. The molecule has 1 saturated carbocycles. The molecule has 18 heavy (non-hydrogen) atoms. The van der Waals surface area contributed by atoms with Gasteiger partial charge in [-0.25, -0.2) is 9.97 Å². The second-order valence-corrected chi connectivity index (χ2v) is 5.36. The standard InChI is InChI=1S/C13H18ClN3O/c1-9-3-2-4-10(6-5-9)17-13-11(7-18)12(14)15-8-16-13/h7-10H,2-6H2,1H3,(H,15,16,17). The topological polar surface area (TPSA) is 54.9 Å². The Bertz CT molecular complexity index is 425. The molecule has 0 radical (unpaired) electrons. The van der Waals surface area contributed by atoms with Gasteiger partial charge in [0.25, 0.3) is 0 Å². The summed E-state index contributed by atoms with van der Waals surface area (Å²) in [7, 11) is 0. The Morgan fingerprint density at radius 2 is 2.17 bits per heavy atom. The van der Waals surface area contributed by atoms with Crippen LogP contribution in [0.3, 0.4) is 0 Å². The first-order valence-corrected chi connectivity index (χ1v) is 6.80. The third-order valence-electron chi connectivity index (χ3n) is 3.55. The smallest absolute Gasteiger partial charge is 0.156 e. The number of nitrogens with zero attached hydrogens (tertiary/aromatic N) is 2. The lowest BCUT2D eigenvalue weighted by Crippen LogP contribution is -2.20. The molecule has 0 bridgehead atoms. The third kappa shape index (κ3) is 3.19. The van der Waals surface area contributed by atoms with Crippen molar-refractivity contribution >= 4 is 23.7 Å². The Labute approximate surface area is 112 Å². The molecular weight excluding hydrogens is 250 g/mol. The van der Waals surface area contributed by atoms with E-state index in [9.17, 15) is 4.79 Å². The van der Waals surface area contributed by atoms with Crippen molar-refractivity contribution in [3.8, 4) is 0 Å². The van der Waals surface area contributed by atoms with Crippen molar-refractivity contribution < 1.29 is 4.79 Å². The number of hydrogen-bond donors (Lipinski definition) is 1. The highest BCUT2D eigenvalue weighted by atomic mass is 35.5. The predicted molar refractivity (Wildman–Crippen MR) is 72.1 cm³/mol. The van der Waals surface area contributed by atoms with Crippen LogP contribution in [0, 0.1) is 5.92 Å². The number of halogens is 1. The van der Waals surface area contributed by atoms with E-state index >= 15 is 0 Å². The molecule has 4 nitrogen and oxygen atoms in total. The van der Waals surface area contributed by atoms with Crippen LogP contribution in [0.15, 0.2) is 6.33 Å². The molecule has 2 unspecified atom stereocenters.